The van der Waals surface area contributed by atoms with E-state index in [-0.39, 0.29) is 0 Å². The Morgan fingerprint density at radius 2 is 1.48 bits per heavy atom. The van der Waals surface area contributed by atoms with Crippen LogP contribution in [0.4, 0.5) is 0 Å². The Balaban J connectivity index is 2.94. The average molecular weight is 642 g/mol. The maximum Gasteiger partial charge on any atom is 0.381 e. The molecule has 2 rings (SSSR count). The van der Waals surface area contributed by atoms with Crippen LogP contribution in [0.25, 0.3) is 0 Å². The molecule has 0 radical (unpaired) electrons. The van der Waals surface area contributed by atoms with Crippen LogP contribution in [-0.4, -0.2) is 96.9 Å². The number of amides is 1. The molecule has 242 valence electrons. The first-order valence-electron chi connectivity index (χ1n) is 13.2. The van der Waals surface area contributed by atoms with Crippen LogP contribution in [0, 0.1) is 0 Å². The standard InChI is InChI=1S/C28H35NO14S/c1-14(30)29-22-24(23(40-17(4)33)21(39-16(3)32)13-38-15(2)31)43-28(27(36)37-7,42-19(6)35)26(25(22)41-18(5)34)44-20-11-9-8-10-12-20/h8-12,21-26H,13H2,1-7H3,(H,29,30)/t21-,22?,23-,24?,25?,26?,28?/m0/s1. The van der Waals surface area contributed by atoms with Crippen LogP contribution in [0.5, 0.6) is 0 Å². The van der Waals surface area contributed by atoms with Crippen molar-refractivity contribution in [3.63, 3.8) is 0 Å². The Bertz CT molecular complexity index is 1240. The molecular formula is C28H35NO14S. The summed E-state index contributed by atoms with van der Waals surface area (Å²) < 4.78 is 38.3. The van der Waals surface area contributed by atoms with Gasteiger partial charge in [0.05, 0.1) is 13.2 Å². The number of esters is 6. The summed E-state index contributed by atoms with van der Waals surface area (Å²) in [6.45, 7) is 5.64. The fourth-order valence-corrected chi connectivity index (χ4v) is 5.84. The van der Waals surface area contributed by atoms with Gasteiger partial charge in [-0.25, -0.2) is 4.79 Å². The number of ether oxygens (including phenoxy) is 7. The number of methoxy groups -OCH3 is 1. The van der Waals surface area contributed by atoms with E-state index in [1.54, 1.807) is 30.3 Å². The van der Waals surface area contributed by atoms with Gasteiger partial charge in [-0.1, -0.05) is 18.2 Å². The molecule has 5 unspecified atom stereocenters. The summed E-state index contributed by atoms with van der Waals surface area (Å²) in [5.41, 5.74) is 0. The van der Waals surface area contributed by atoms with Gasteiger partial charge in [-0.15, -0.1) is 11.8 Å². The Kier molecular flexibility index (Phi) is 13.1. The van der Waals surface area contributed by atoms with Crippen molar-refractivity contribution in [2.75, 3.05) is 13.7 Å². The van der Waals surface area contributed by atoms with Gasteiger partial charge in [0, 0.05) is 46.4 Å². The Morgan fingerprint density at radius 1 is 0.864 bits per heavy atom. The fourth-order valence-electron chi connectivity index (χ4n) is 4.52. The van der Waals surface area contributed by atoms with Crippen molar-refractivity contribution in [1.29, 1.82) is 0 Å². The van der Waals surface area contributed by atoms with E-state index >= 15 is 0 Å². The Morgan fingerprint density at radius 3 is 1.95 bits per heavy atom. The molecule has 1 aliphatic heterocycles. The lowest BCUT2D eigenvalue weighted by Gasteiger charge is -2.51. The van der Waals surface area contributed by atoms with E-state index in [1.807, 2.05) is 0 Å². The molecule has 7 atom stereocenters. The number of carbonyl (C=O) groups excluding carboxylic acids is 7. The lowest BCUT2D eigenvalue weighted by molar-refractivity contribution is -0.300. The van der Waals surface area contributed by atoms with Crippen molar-refractivity contribution >= 4 is 53.5 Å². The second-order valence-corrected chi connectivity index (χ2v) is 10.7. The van der Waals surface area contributed by atoms with E-state index in [9.17, 15) is 33.6 Å². The highest BCUT2D eigenvalue weighted by molar-refractivity contribution is 8.00. The summed E-state index contributed by atoms with van der Waals surface area (Å²) in [4.78, 5) is 87.8. The predicted molar refractivity (Wildman–Crippen MR) is 148 cm³/mol. The molecule has 0 spiro atoms. The maximum absolute atomic E-state index is 13.6. The summed E-state index contributed by atoms with van der Waals surface area (Å²) >= 11 is 0.905. The highest BCUT2D eigenvalue weighted by Gasteiger charge is 2.66. The number of nitrogens with one attached hydrogen (secondary N) is 1. The van der Waals surface area contributed by atoms with Crippen molar-refractivity contribution in [2.24, 2.45) is 0 Å². The molecule has 44 heavy (non-hydrogen) atoms. The molecule has 15 nitrogen and oxygen atoms in total. The van der Waals surface area contributed by atoms with E-state index < -0.39 is 89.8 Å². The van der Waals surface area contributed by atoms with Crippen LogP contribution in [0.1, 0.15) is 41.5 Å². The number of hydrogen-bond donors (Lipinski definition) is 1. The first kappa shape index (κ1) is 36.0. The molecule has 16 heteroatoms. The number of thioether (sulfide) groups is 1. The van der Waals surface area contributed by atoms with Gasteiger partial charge in [-0.2, -0.15) is 0 Å². The van der Waals surface area contributed by atoms with Gasteiger partial charge in [0.15, 0.2) is 12.2 Å². The van der Waals surface area contributed by atoms with Crippen LogP contribution in [0.15, 0.2) is 35.2 Å². The summed E-state index contributed by atoms with van der Waals surface area (Å²) in [7, 11) is 0.989. The summed E-state index contributed by atoms with van der Waals surface area (Å²) in [5.74, 6) is -9.14. The molecule has 1 N–H and O–H groups in total. The zero-order valence-corrected chi connectivity index (χ0v) is 26.0. The monoisotopic (exact) mass is 641 g/mol. The molecule has 1 aliphatic rings. The molecule has 1 fully saturated rings. The molecule has 1 amide bonds. The van der Waals surface area contributed by atoms with Crippen LogP contribution in [0.3, 0.4) is 0 Å². The normalized spacial score (nSPS) is 24.0. The Labute approximate surface area is 257 Å². The highest BCUT2D eigenvalue weighted by atomic mass is 32.2. The lowest BCUT2D eigenvalue weighted by Crippen LogP contribution is -2.74. The SMILES string of the molecule is COC(=O)C1(OC(C)=O)OC([C@@H](OC(C)=O)[C@H](COC(C)=O)OC(C)=O)C(NC(C)=O)C(OC(C)=O)C1Sc1ccccc1. The summed E-state index contributed by atoms with van der Waals surface area (Å²) in [6.07, 6.45) is -6.67. The van der Waals surface area contributed by atoms with Crippen LogP contribution < -0.4 is 5.32 Å². The Hall–Kier alpha value is -4.18. The third-order valence-electron chi connectivity index (χ3n) is 5.90. The van der Waals surface area contributed by atoms with Gasteiger partial charge < -0.3 is 38.5 Å². The molecule has 0 bridgehead atoms. The van der Waals surface area contributed by atoms with E-state index in [2.05, 4.69) is 5.32 Å². The predicted octanol–water partition coefficient (Wildman–Crippen LogP) is 0.841. The maximum atomic E-state index is 13.6. The molecular weight excluding hydrogens is 606 g/mol. The van der Waals surface area contributed by atoms with Crippen LogP contribution in [0.2, 0.25) is 0 Å². The smallest absolute Gasteiger partial charge is 0.381 e. The van der Waals surface area contributed by atoms with Crippen molar-refractivity contribution in [3.05, 3.63) is 30.3 Å². The largest absolute Gasteiger partial charge is 0.464 e. The van der Waals surface area contributed by atoms with E-state index in [1.165, 1.54) is 0 Å². The third kappa shape index (κ3) is 9.67. The van der Waals surface area contributed by atoms with E-state index in [0.29, 0.717) is 4.90 Å². The van der Waals surface area contributed by atoms with Crippen molar-refractivity contribution in [1.82, 2.24) is 5.32 Å². The molecule has 0 saturated carbocycles. The summed E-state index contributed by atoms with van der Waals surface area (Å²) in [6, 6.07) is 6.95. The van der Waals surface area contributed by atoms with Crippen LogP contribution >= 0.6 is 11.8 Å². The molecule has 1 heterocycles. The zero-order valence-electron chi connectivity index (χ0n) is 25.2. The van der Waals surface area contributed by atoms with Gasteiger partial charge in [0.25, 0.3) is 0 Å². The highest BCUT2D eigenvalue weighted by Crippen LogP contribution is 2.45. The quantitative estimate of drug-likeness (QED) is 0.249. The average Bonchev–Trinajstić information content (AvgIpc) is 2.91. The van der Waals surface area contributed by atoms with Crippen LogP contribution in [-0.2, 0) is 66.7 Å². The van der Waals surface area contributed by atoms with Crippen molar-refractivity contribution in [2.45, 2.75) is 87.9 Å². The van der Waals surface area contributed by atoms with Crippen molar-refractivity contribution in [3.8, 4) is 0 Å². The van der Waals surface area contributed by atoms with Gasteiger partial charge >= 0.3 is 41.6 Å². The zero-order chi connectivity index (χ0) is 33.2. The fraction of sp³-hybridized carbons (Fsp3) is 0.536. The first-order chi connectivity index (χ1) is 20.6. The molecule has 1 saturated heterocycles. The number of benzene rings is 1. The minimum absolute atomic E-state index is 0.503. The number of rotatable bonds is 12. The minimum Gasteiger partial charge on any atom is -0.464 e. The van der Waals surface area contributed by atoms with E-state index in [4.69, 9.17) is 33.2 Å². The number of hydrogen-bond acceptors (Lipinski definition) is 15. The first-order valence-corrected chi connectivity index (χ1v) is 14.1. The lowest BCUT2D eigenvalue weighted by atomic mass is 9.87. The second kappa shape index (κ2) is 16.0. The number of carbonyl (C=O) groups is 7. The molecule has 0 aliphatic carbocycles. The molecule has 1 aromatic carbocycles. The third-order valence-corrected chi connectivity index (χ3v) is 7.27. The van der Waals surface area contributed by atoms with Gasteiger partial charge in [-0.3, -0.25) is 28.8 Å². The van der Waals surface area contributed by atoms with Gasteiger partial charge in [0.2, 0.25) is 5.91 Å². The summed E-state index contributed by atoms with van der Waals surface area (Å²) in [5, 5.41) is 1.14. The molecule has 0 aromatic heterocycles. The van der Waals surface area contributed by atoms with Gasteiger partial charge in [-0.05, 0) is 12.1 Å². The molecule has 1 aromatic rings. The topological polar surface area (TPSA) is 196 Å². The van der Waals surface area contributed by atoms with E-state index in [0.717, 1.165) is 60.4 Å². The minimum atomic E-state index is -2.71. The second-order valence-electron chi connectivity index (χ2n) is 9.51. The van der Waals surface area contributed by atoms with Gasteiger partial charge in [0.1, 0.15) is 24.1 Å². The van der Waals surface area contributed by atoms with Crippen molar-refractivity contribution < 1.29 is 66.7 Å².